The summed E-state index contributed by atoms with van der Waals surface area (Å²) in [5.74, 6) is -0.0371. The third kappa shape index (κ3) is 3.18. The number of nitrogens with zero attached hydrogens (tertiary/aromatic N) is 5. The lowest BCUT2D eigenvalue weighted by Crippen LogP contribution is -2.61. The first-order valence-electron chi connectivity index (χ1n) is 10.7. The van der Waals surface area contributed by atoms with E-state index in [1.165, 1.54) is 0 Å². The molecule has 4 heterocycles. The number of aliphatic hydroxyl groups is 1. The van der Waals surface area contributed by atoms with E-state index in [4.69, 9.17) is 0 Å². The van der Waals surface area contributed by atoms with Gasteiger partial charge in [0, 0.05) is 26.3 Å². The first kappa shape index (κ1) is 19.2. The molecule has 1 aromatic carbocycles. The van der Waals surface area contributed by atoms with E-state index < -0.39 is 5.60 Å². The molecule has 2 fully saturated rings. The first-order chi connectivity index (χ1) is 14.6. The third-order valence-electron chi connectivity index (χ3n) is 6.70. The fraction of sp³-hybridized carbons (Fsp3) is 0.435. The van der Waals surface area contributed by atoms with Gasteiger partial charge in [0.25, 0.3) is 5.91 Å². The Labute approximate surface area is 175 Å². The molecule has 0 unspecified atom stereocenters. The van der Waals surface area contributed by atoms with E-state index in [1.54, 1.807) is 17.1 Å². The van der Waals surface area contributed by atoms with E-state index in [0.29, 0.717) is 25.1 Å². The number of benzene rings is 1. The summed E-state index contributed by atoms with van der Waals surface area (Å²) in [6.45, 7) is 2.94. The highest BCUT2D eigenvalue weighted by molar-refractivity contribution is 5.96. The van der Waals surface area contributed by atoms with Crippen LogP contribution in [-0.4, -0.2) is 67.8 Å². The van der Waals surface area contributed by atoms with Crippen molar-refractivity contribution in [2.45, 2.75) is 30.9 Å². The Bertz CT molecular complexity index is 1060. The maximum atomic E-state index is 13.3. The highest BCUT2D eigenvalue weighted by atomic mass is 16.3. The van der Waals surface area contributed by atoms with E-state index in [0.717, 1.165) is 42.5 Å². The Morgan fingerprint density at radius 3 is 2.67 bits per heavy atom. The molecule has 7 nitrogen and oxygen atoms in total. The molecular formula is C23H27N5O2. The lowest BCUT2D eigenvalue weighted by Gasteiger charge is -2.48. The molecule has 1 N–H and O–H groups in total. The number of likely N-dealkylation sites (tertiary alicyclic amines) is 2. The number of hydrogen-bond donors (Lipinski definition) is 1. The van der Waals surface area contributed by atoms with Crippen molar-refractivity contribution in [2.75, 3.05) is 26.2 Å². The minimum atomic E-state index is -0.952. The largest absolute Gasteiger partial charge is 0.383 e. The Hall–Kier alpha value is -2.77. The number of hydrogen-bond acceptors (Lipinski definition) is 5. The van der Waals surface area contributed by atoms with Crippen LogP contribution in [0.2, 0.25) is 0 Å². The van der Waals surface area contributed by atoms with Crippen molar-refractivity contribution in [3.05, 3.63) is 59.9 Å². The fourth-order valence-electron chi connectivity index (χ4n) is 4.97. The molecule has 0 radical (unpaired) electrons. The summed E-state index contributed by atoms with van der Waals surface area (Å²) in [4.78, 5) is 22.0. The summed E-state index contributed by atoms with van der Waals surface area (Å²) >= 11 is 0. The van der Waals surface area contributed by atoms with Crippen LogP contribution in [0.1, 0.15) is 35.2 Å². The number of amides is 1. The Balaban J connectivity index is 1.45. The standard InChI is InChI=1S/C23H27N5O2/c1-26-20-13-17(14-24-19(20)15-25-26)22(29)28-12-9-23(30,18-7-3-2-4-8-18)21(16-28)27-10-5-6-11-27/h2-4,7-8,13-15,21,30H,5-6,9-12,16H2,1H3/t21-,23+/m1/s1. The van der Waals surface area contributed by atoms with Crippen molar-refractivity contribution in [2.24, 2.45) is 7.05 Å². The van der Waals surface area contributed by atoms with Crippen molar-refractivity contribution in [1.82, 2.24) is 24.6 Å². The van der Waals surface area contributed by atoms with Gasteiger partial charge >= 0.3 is 0 Å². The maximum absolute atomic E-state index is 13.3. The van der Waals surface area contributed by atoms with E-state index in [-0.39, 0.29) is 11.9 Å². The SMILES string of the molecule is Cn1ncc2ncc(C(=O)N3CC[C@](O)(c4ccccc4)[C@H](N4CCCC4)C3)cc21. The van der Waals surface area contributed by atoms with Gasteiger partial charge in [-0.3, -0.25) is 19.4 Å². The molecule has 0 bridgehead atoms. The van der Waals surface area contributed by atoms with Gasteiger partial charge in [0.2, 0.25) is 0 Å². The Morgan fingerprint density at radius 2 is 1.90 bits per heavy atom. The highest BCUT2D eigenvalue weighted by Crippen LogP contribution is 2.37. The van der Waals surface area contributed by atoms with Crippen LogP contribution in [0.4, 0.5) is 0 Å². The Kier molecular flexibility index (Phi) is 4.79. The molecule has 2 aliphatic rings. The van der Waals surface area contributed by atoms with E-state index in [2.05, 4.69) is 15.0 Å². The van der Waals surface area contributed by atoms with Gasteiger partial charge in [0.1, 0.15) is 11.1 Å². The summed E-state index contributed by atoms with van der Waals surface area (Å²) in [6.07, 6.45) is 6.13. The molecule has 2 aliphatic heterocycles. The first-order valence-corrected chi connectivity index (χ1v) is 10.7. The molecule has 5 rings (SSSR count). The minimum Gasteiger partial charge on any atom is -0.383 e. The number of rotatable bonds is 3. The minimum absolute atomic E-state index is 0.0371. The fourth-order valence-corrected chi connectivity index (χ4v) is 4.97. The number of carbonyl (C=O) groups excluding carboxylic acids is 1. The van der Waals surface area contributed by atoms with Crippen LogP contribution in [0.25, 0.3) is 11.0 Å². The van der Waals surface area contributed by atoms with Crippen LogP contribution < -0.4 is 0 Å². The molecule has 156 valence electrons. The van der Waals surface area contributed by atoms with E-state index in [9.17, 15) is 9.90 Å². The zero-order valence-corrected chi connectivity index (χ0v) is 17.2. The van der Waals surface area contributed by atoms with Gasteiger partial charge in [0.15, 0.2) is 0 Å². The monoisotopic (exact) mass is 405 g/mol. The van der Waals surface area contributed by atoms with Crippen molar-refractivity contribution >= 4 is 16.9 Å². The molecule has 2 aromatic heterocycles. The van der Waals surface area contributed by atoms with Gasteiger partial charge in [0.05, 0.1) is 23.3 Å². The molecule has 1 amide bonds. The smallest absolute Gasteiger partial charge is 0.255 e. The molecule has 3 aromatic rings. The lowest BCUT2D eigenvalue weighted by molar-refractivity contribution is -0.0878. The second-order valence-electron chi connectivity index (χ2n) is 8.45. The quantitative estimate of drug-likeness (QED) is 0.723. The van der Waals surface area contributed by atoms with Crippen molar-refractivity contribution in [3.8, 4) is 0 Å². The summed E-state index contributed by atoms with van der Waals surface area (Å²) < 4.78 is 1.73. The molecule has 0 saturated carbocycles. The molecule has 30 heavy (non-hydrogen) atoms. The summed E-state index contributed by atoms with van der Waals surface area (Å²) in [5, 5.41) is 16.0. The van der Waals surface area contributed by atoms with Gasteiger partial charge in [-0.1, -0.05) is 30.3 Å². The number of fused-ring (bicyclic) bond motifs is 1. The maximum Gasteiger partial charge on any atom is 0.255 e. The lowest BCUT2D eigenvalue weighted by atomic mass is 9.79. The molecule has 0 spiro atoms. The highest BCUT2D eigenvalue weighted by Gasteiger charge is 2.47. The van der Waals surface area contributed by atoms with Gasteiger partial charge in [-0.15, -0.1) is 0 Å². The van der Waals surface area contributed by atoms with Crippen molar-refractivity contribution in [3.63, 3.8) is 0 Å². The topological polar surface area (TPSA) is 74.5 Å². The molecule has 0 aliphatic carbocycles. The number of pyridine rings is 1. The summed E-state index contributed by atoms with van der Waals surface area (Å²) in [6, 6.07) is 11.7. The van der Waals surface area contributed by atoms with Crippen LogP contribution in [0.15, 0.2) is 48.8 Å². The van der Waals surface area contributed by atoms with Gasteiger partial charge in [-0.05, 0) is 44.0 Å². The van der Waals surface area contributed by atoms with Gasteiger partial charge in [-0.2, -0.15) is 5.10 Å². The van der Waals surface area contributed by atoms with Crippen LogP contribution in [0.3, 0.4) is 0 Å². The third-order valence-corrected chi connectivity index (χ3v) is 6.70. The van der Waals surface area contributed by atoms with Crippen LogP contribution in [-0.2, 0) is 12.6 Å². The van der Waals surface area contributed by atoms with Gasteiger partial charge in [-0.25, -0.2) is 0 Å². The summed E-state index contributed by atoms with van der Waals surface area (Å²) in [7, 11) is 1.85. The van der Waals surface area contributed by atoms with E-state index in [1.807, 2.05) is 48.3 Å². The number of aryl methyl sites for hydroxylation is 1. The zero-order valence-electron chi connectivity index (χ0n) is 17.2. The Morgan fingerprint density at radius 1 is 1.13 bits per heavy atom. The number of piperidine rings is 1. The molecular weight excluding hydrogens is 378 g/mol. The normalized spacial score (nSPS) is 25.1. The second kappa shape index (κ2) is 7.49. The van der Waals surface area contributed by atoms with Crippen LogP contribution in [0.5, 0.6) is 0 Å². The molecule has 7 heteroatoms. The second-order valence-corrected chi connectivity index (χ2v) is 8.45. The van der Waals surface area contributed by atoms with Crippen molar-refractivity contribution in [1.29, 1.82) is 0 Å². The predicted octanol–water partition coefficient (Wildman–Crippen LogP) is 2.17. The molecule has 2 atom stereocenters. The average Bonchev–Trinajstić information content (AvgIpc) is 3.44. The van der Waals surface area contributed by atoms with Gasteiger partial charge < -0.3 is 10.0 Å². The number of aromatic nitrogens is 3. The number of carbonyl (C=O) groups is 1. The summed E-state index contributed by atoms with van der Waals surface area (Å²) in [5.41, 5.74) is 2.17. The van der Waals surface area contributed by atoms with Crippen molar-refractivity contribution < 1.29 is 9.90 Å². The molecule has 2 saturated heterocycles. The average molecular weight is 406 g/mol. The van der Waals surface area contributed by atoms with Crippen LogP contribution >= 0.6 is 0 Å². The predicted molar refractivity (Wildman–Crippen MR) is 114 cm³/mol. The van der Waals surface area contributed by atoms with Crippen LogP contribution in [0, 0.1) is 0 Å². The zero-order chi connectivity index (χ0) is 20.7. The van der Waals surface area contributed by atoms with E-state index >= 15 is 0 Å².